The van der Waals surface area contributed by atoms with E-state index in [9.17, 15) is 4.79 Å². The van der Waals surface area contributed by atoms with Crippen molar-refractivity contribution in [1.29, 1.82) is 0 Å². The number of carbonyl (C=O) groups is 1. The Kier molecular flexibility index (Phi) is 6.44. The van der Waals surface area contributed by atoms with Crippen LogP contribution in [-0.2, 0) is 11.3 Å². The van der Waals surface area contributed by atoms with Gasteiger partial charge in [0.25, 0.3) is 0 Å². The fourth-order valence-electron chi connectivity index (χ4n) is 5.07. The molecule has 8 nitrogen and oxygen atoms in total. The number of hydrogen-bond donors (Lipinski definition) is 0. The highest BCUT2D eigenvalue weighted by Gasteiger charge is 2.24. The number of fused-ring (bicyclic) bond motifs is 1. The second-order valence-corrected chi connectivity index (χ2v) is 9.57. The van der Waals surface area contributed by atoms with Gasteiger partial charge >= 0.3 is 0 Å². The lowest BCUT2D eigenvalue weighted by Gasteiger charge is -2.36. The summed E-state index contributed by atoms with van der Waals surface area (Å²) in [5.41, 5.74) is 4.73. The second-order valence-electron chi connectivity index (χ2n) is 9.57. The summed E-state index contributed by atoms with van der Waals surface area (Å²) in [7, 11) is 0. The average Bonchev–Trinajstić information content (AvgIpc) is 3.60. The Hall–Kier alpha value is -3.62. The Morgan fingerprint density at radius 1 is 0.917 bits per heavy atom. The SMILES string of the molecule is O=C(CN1CC=C(c2cnn(-c3ccccc3)c2)CC1)N1CCN(Cc2ccc3c(c2)OCO3)CC1. The molecule has 2 aromatic carbocycles. The molecule has 0 atom stereocenters. The minimum atomic E-state index is 0.228. The number of para-hydroxylation sites is 1. The van der Waals surface area contributed by atoms with Gasteiger partial charge in [0.2, 0.25) is 12.7 Å². The largest absolute Gasteiger partial charge is 0.454 e. The van der Waals surface area contributed by atoms with Gasteiger partial charge in [-0.2, -0.15) is 5.10 Å². The van der Waals surface area contributed by atoms with Crippen molar-refractivity contribution in [3.05, 3.63) is 78.1 Å². The molecule has 0 N–H and O–H groups in total. The van der Waals surface area contributed by atoms with Crippen molar-refractivity contribution in [3.8, 4) is 17.2 Å². The van der Waals surface area contributed by atoms with Crippen molar-refractivity contribution in [3.63, 3.8) is 0 Å². The molecule has 0 radical (unpaired) electrons. The van der Waals surface area contributed by atoms with Crippen LogP contribution in [0.3, 0.4) is 0 Å². The third kappa shape index (κ3) is 5.01. The molecular weight excluding hydrogens is 454 g/mol. The average molecular weight is 486 g/mol. The predicted octanol–water partition coefficient (Wildman–Crippen LogP) is 3.03. The third-order valence-corrected chi connectivity index (χ3v) is 7.19. The zero-order valence-electron chi connectivity index (χ0n) is 20.4. The van der Waals surface area contributed by atoms with Crippen LogP contribution in [0.5, 0.6) is 11.5 Å². The monoisotopic (exact) mass is 485 g/mol. The van der Waals surface area contributed by atoms with Crippen LogP contribution in [0.2, 0.25) is 0 Å². The first-order chi connectivity index (χ1) is 17.7. The Balaban J connectivity index is 0.972. The van der Waals surface area contributed by atoms with E-state index in [0.29, 0.717) is 13.3 Å². The number of piperazine rings is 1. The lowest BCUT2D eigenvalue weighted by atomic mass is 10.0. The van der Waals surface area contributed by atoms with E-state index in [0.717, 1.165) is 75.0 Å². The number of hydrogen-bond acceptors (Lipinski definition) is 6. The zero-order valence-corrected chi connectivity index (χ0v) is 20.4. The van der Waals surface area contributed by atoms with Crippen molar-refractivity contribution >= 4 is 11.5 Å². The molecule has 8 heteroatoms. The molecule has 3 aromatic rings. The van der Waals surface area contributed by atoms with Gasteiger partial charge in [0, 0.05) is 57.6 Å². The number of rotatable bonds is 6. The number of carbonyl (C=O) groups excluding carboxylic acids is 1. The van der Waals surface area contributed by atoms with Crippen LogP contribution in [0.1, 0.15) is 17.5 Å². The van der Waals surface area contributed by atoms with Crippen molar-refractivity contribution < 1.29 is 14.3 Å². The van der Waals surface area contributed by atoms with Crippen LogP contribution < -0.4 is 9.47 Å². The zero-order chi connectivity index (χ0) is 24.3. The van der Waals surface area contributed by atoms with Gasteiger partial charge in [-0.25, -0.2) is 4.68 Å². The van der Waals surface area contributed by atoms with Gasteiger partial charge in [-0.05, 0) is 41.8 Å². The van der Waals surface area contributed by atoms with Crippen molar-refractivity contribution in [2.45, 2.75) is 13.0 Å². The number of amides is 1. The second kappa shape index (κ2) is 10.2. The van der Waals surface area contributed by atoms with Gasteiger partial charge in [0.1, 0.15) is 0 Å². The van der Waals surface area contributed by atoms with Gasteiger partial charge in [-0.15, -0.1) is 0 Å². The lowest BCUT2D eigenvalue weighted by Crippen LogP contribution is -2.51. The molecule has 3 aliphatic rings. The molecule has 186 valence electrons. The summed E-state index contributed by atoms with van der Waals surface area (Å²) in [6.07, 6.45) is 7.19. The molecule has 4 heterocycles. The topological polar surface area (TPSA) is 63.1 Å². The van der Waals surface area contributed by atoms with E-state index in [1.807, 2.05) is 40.0 Å². The van der Waals surface area contributed by atoms with Crippen LogP contribution in [0, 0.1) is 0 Å². The molecule has 1 fully saturated rings. The van der Waals surface area contributed by atoms with Crippen molar-refractivity contribution in [2.24, 2.45) is 0 Å². The Morgan fingerprint density at radius 3 is 2.56 bits per heavy atom. The maximum Gasteiger partial charge on any atom is 0.236 e. The normalized spacial score (nSPS) is 18.3. The number of aromatic nitrogens is 2. The summed E-state index contributed by atoms with van der Waals surface area (Å²) in [6, 6.07) is 16.3. The van der Waals surface area contributed by atoms with Crippen molar-refractivity contribution in [1.82, 2.24) is 24.5 Å². The molecule has 0 spiro atoms. The summed E-state index contributed by atoms with van der Waals surface area (Å²) in [5, 5.41) is 4.52. The predicted molar refractivity (Wildman–Crippen MR) is 137 cm³/mol. The fourth-order valence-corrected chi connectivity index (χ4v) is 5.07. The Labute approximate surface area is 211 Å². The number of nitrogens with zero attached hydrogens (tertiary/aromatic N) is 5. The summed E-state index contributed by atoms with van der Waals surface area (Å²) >= 11 is 0. The third-order valence-electron chi connectivity index (χ3n) is 7.19. The molecule has 0 aliphatic carbocycles. The van der Waals surface area contributed by atoms with E-state index in [2.05, 4.69) is 51.4 Å². The first-order valence-corrected chi connectivity index (χ1v) is 12.6. The Bertz CT molecular complexity index is 1250. The van der Waals surface area contributed by atoms with E-state index >= 15 is 0 Å². The molecule has 6 rings (SSSR count). The minimum absolute atomic E-state index is 0.228. The van der Waals surface area contributed by atoms with E-state index in [1.54, 1.807) is 0 Å². The molecule has 0 unspecified atom stereocenters. The van der Waals surface area contributed by atoms with Crippen molar-refractivity contribution in [2.75, 3.05) is 52.6 Å². The number of ether oxygens (including phenoxy) is 2. The molecule has 36 heavy (non-hydrogen) atoms. The summed E-state index contributed by atoms with van der Waals surface area (Å²) in [5.74, 6) is 1.87. The molecular formula is C28H31N5O3. The fraction of sp³-hybridized carbons (Fsp3) is 0.357. The highest BCUT2D eigenvalue weighted by atomic mass is 16.7. The molecule has 3 aliphatic heterocycles. The highest BCUT2D eigenvalue weighted by Crippen LogP contribution is 2.33. The summed E-state index contributed by atoms with van der Waals surface area (Å²) in [4.78, 5) is 19.6. The lowest BCUT2D eigenvalue weighted by molar-refractivity contribution is -0.134. The molecule has 0 bridgehead atoms. The summed E-state index contributed by atoms with van der Waals surface area (Å²) in [6.45, 7) is 6.64. The summed E-state index contributed by atoms with van der Waals surface area (Å²) < 4.78 is 12.8. The maximum atomic E-state index is 13.0. The minimum Gasteiger partial charge on any atom is -0.454 e. The van der Waals surface area contributed by atoms with Gasteiger partial charge in [0.15, 0.2) is 11.5 Å². The standard InChI is InChI=1S/C28H31N5O3/c34-28(32-14-12-31(13-15-32)18-22-6-7-26-27(16-22)36-21-35-26)20-30-10-8-23(9-11-30)24-17-29-33(19-24)25-4-2-1-3-5-25/h1-8,16-17,19H,9-15,18,20-21H2. The number of benzene rings is 2. The maximum absolute atomic E-state index is 13.0. The first kappa shape index (κ1) is 22.8. The smallest absolute Gasteiger partial charge is 0.236 e. The molecule has 1 aromatic heterocycles. The van der Waals surface area contributed by atoms with Gasteiger partial charge < -0.3 is 14.4 Å². The molecule has 1 saturated heterocycles. The first-order valence-electron chi connectivity index (χ1n) is 12.6. The highest BCUT2D eigenvalue weighted by molar-refractivity contribution is 5.78. The Morgan fingerprint density at radius 2 is 1.75 bits per heavy atom. The van der Waals surface area contributed by atoms with Crippen LogP contribution in [0.4, 0.5) is 0 Å². The molecule has 0 saturated carbocycles. The van der Waals surface area contributed by atoms with Gasteiger partial charge in [-0.1, -0.05) is 30.3 Å². The molecule has 1 amide bonds. The quantitative estimate of drug-likeness (QED) is 0.535. The van der Waals surface area contributed by atoms with Crippen LogP contribution >= 0.6 is 0 Å². The van der Waals surface area contributed by atoms with E-state index < -0.39 is 0 Å². The van der Waals surface area contributed by atoms with Gasteiger partial charge in [0.05, 0.1) is 18.4 Å². The van der Waals surface area contributed by atoms with E-state index in [-0.39, 0.29) is 5.91 Å². The van der Waals surface area contributed by atoms with E-state index in [4.69, 9.17) is 9.47 Å². The van der Waals surface area contributed by atoms with Crippen LogP contribution in [0.15, 0.2) is 67.0 Å². The van der Waals surface area contributed by atoms with E-state index in [1.165, 1.54) is 11.1 Å². The van der Waals surface area contributed by atoms with Gasteiger partial charge in [-0.3, -0.25) is 14.6 Å². The van der Waals surface area contributed by atoms with Crippen LogP contribution in [-0.4, -0.2) is 83.0 Å². The van der Waals surface area contributed by atoms with Crippen LogP contribution in [0.25, 0.3) is 11.3 Å².